The van der Waals surface area contributed by atoms with Gasteiger partial charge in [0.25, 0.3) is 0 Å². The van der Waals surface area contributed by atoms with E-state index in [1.165, 1.54) is 24.3 Å². The number of nitrogen functional groups attached to an aromatic ring is 1. The maximum atomic E-state index is 13.0. The summed E-state index contributed by atoms with van der Waals surface area (Å²) in [4.78, 5) is 23.6. The minimum absolute atomic E-state index is 0.148. The lowest BCUT2D eigenvalue weighted by atomic mass is 10.1. The quantitative estimate of drug-likeness (QED) is 0.369. The number of anilines is 2. The van der Waals surface area contributed by atoms with Crippen molar-refractivity contribution in [2.75, 3.05) is 17.7 Å². The number of nitrogens with one attached hydrogen (secondary N) is 3. The predicted molar refractivity (Wildman–Crippen MR) is 92.9 cm³/mol. The zero-order valence-electron chi connectivity index (χ0n) is 14.0. The summed E-state index contributed by atoms with van der Waals surface area (Å²) in [7, 11) is 1.03. The molecule has 0 bridgehead atoms. The van der Waals surface area contributed by atoms with E-state index in [2.05, 4.69) is 15.4 Å². The fourth-order valence-corrected chi connectivity index (χ4v) is 2.13. The van der Waals surface area contributed by atoms with Crippen LogP contribution in [0.4, 0.5) is 29.3 Å². The summed E-state index contributed by atoms with van der Waals surface area (Å²) < 4.78 is 43.4. The first kappa shape index (κ1) is 19.8. The van der Waals surface area contributed by atoms with Gasteiger partial charge >= 0.3 is 18.2 Å². The van der Waals surface area contributed by atoms with Crippen LogP contribution in [0.3, 0.4) is 0 Å². The molecule has 7 nitrogen and oxygen atoms in total. The van der Waals surface area contributed by atoms with Crippen molar-refractivity contribution in [1.82, 2.24) is 0 Å². The highest BCUT2D eigenvalue weighted by Gasteiger charge is 2.32. The number of methoxy groups -OCH3 is 1. The number of halogens is 3. The molecule has 0 atom stereocenters. The van der Waals surface area contributed by atoms with Crippen LogP contribution in [-0.2, 0) is 10.9 Å². The normalized spacial score (nSPS) is 10.8. The van der Waals surface area contributed by atoms with Gasteiger partial charge in [-0.05, 0) is 42.5 Å². The highest BCUT2D eigenvalue weighted by molar-refractivity contribution is 6.01. The number of urea groups is 1. The van der Waals surface area contributed by atoms with Gasteiger partial charge in [-0.3, -0.25) is 5.41 Å². The molecule has 0 fully saturated rings. The third-order valence-corrected chi connectivity index (χ3v) is 3.39. The Balaban J connectivity index is 2.20. The molecule has 0 spiro atoms. The van der Waals surface area contributed by atoms with E-state index in [1.54, 1.807) is 0 Å². The molecule has 0 saturated heterocycles. The van der Waals surface area contributed by atoms with Gasteiger partial charge in [0.15, 0.2) is 0 Å². The third-order valence-electron chi connectivity index (χ3n) is 3.39. The van der Waals surface area contributed by atoms with Gasteiger partial charge in [-0.25, -0.2) is 9.59 Å². The van der Waals surface area contributed by atoms with Gasteiger partial charge in [0.05, 0.1) is 18.2 Å². The summed E-state index contributed by atoms with van der Waals surface area (Å²) in [6.45, 7) is 0. The first-order valence-corrected chi connectivity index (χ1v) is 7.43. The molecular weight excluding hydrogens is 365 g/mol. The maximum Gasteiger partial charge on any atom is 0.416 e. The summed E-state index contributed by atoms with van der Waals surface area (Å²) in [5.74, 6) is -1.12. The zero-order valence-corrected chi connectivity index (χ0v) is 14.0. The van der Waals surface area contributed by atoms with Gasteiger partial charge in [0.1, 0.15) is 5.84 Å². The molecule has 0 heterocycles. The number of amides is 2. The summed E-state index contributed by atoms with van der Waals surface area (Å²) in [5, 5.41) is 11.9. The second-order valence-electron chi connectivity index (χ2n) is 5.36. The highest BCUT2D eigenvalue weighted by atomic mass is 19.4. The standard InChI is InChI=1S/C17H15F3N4O3/c1-27-15(25)10-6-11(17(18,19)20)8-13(7-10)24-16(26)23-12-4-2-9(3-5-12)14(21)22/h2-8H,1H3,(H3,21,22)(H2,23,24,26). The lowest BCUT2D eigenvalue weighted by Crippen LogP contribution is -2.20. The van der Waals surface area contributed by atoms with Crippen LogP contribution in [0, 0.1) is 5.41 Å². The summed E-state index contributed by atoms with van der Waals surface area (Å²) in [5.41, 5.74) is 4.41. The second-order valence-corrected chi connectivity index (χ2v) is 5.36. The van der Waals surface area contributed by atoms with Crippen molar-refractivity contribution in [3.05, 3.63) is 59.2 Å². The Morgan fingerprint density at radius 3 is 2.11 bits per heavy atom. The van der Waals surface area contributed by atoms with Gasteiger partial charge in [-0.15, -0.1) is 0 Å². The van der Waals surface area contributed by atoms with Gasteiger partial charge in [0.2, 0.25) is 0 Å². The Hall–Kier alpha value is -3.56. The van der Waals surface area contributed by atoms with Crippen molar-refractivity contribution in [3.63, 3.8) is 0 Å². The number of amidine groups is 1. The molecule has 0 aliphatic rings. The third kappa shape index (κ3) is 5.21. The van der Waals surface area contributed by atoms with Crippen molar-refractivity contribution in [1.29, 1.82) is 5.41 Å². The number of carbonyl (C=O) groups is 2. The van der Waals surface area contributed by atoms with Crippen LogP contribution >= 0.6 is 0 Å². The highest BCUT2D eigenvalue weighted by Crippen LogP contribution is 2.32. The molecule has 0 unspecified atom stereocenters. The van der Waals surface area contributed by atoms with E-state index in [0.717, 1.165) is 13.2 Å². The number of nitrogens with two attached hydrogens (primary N) is 1. The lowest BCUT2D eigenvalue weighted by Gasteiger charge is -2.13. The number of alkyl halides is 3. The van der Waals surface area contributed by atoms with Gasteiger partial charge < -0.3 is 21.1 Å². The monoisotopic (exact) mass is 380 g/mol. The lowest BCUT2D eigenvalue weighted by molar-refractivity contribution is -0.137. The van der Waals surface area contributed by atoms with E-state index < -0.39 is 23.7 Å². The average Bonchev–Trinajstić information content (AvgIpc) is 2.60. The van der Waals surface area contributed by atoms with Crippen LogP contribution in [-0.4, -0.2) is 24.9 Å². The SMILES string of the molecule is COC(=O)c1cc(NC(=O)Nc2ccc(C(=N)N)cc2)cc(C(F)(F)F)c1. The van der Waals surface area contributed by atoms with Crippen LogP contribution in [0.2, 0.25) is 0 Å². The molecule has 2 aromatic carbocycles. The van der Waals surface area contributed by atoms with E-state index >= 15 is 0 Å². The summed E-state index contributed by atoms with van der Waals surface area (Å²) in [6.07, 6.45) is -4.71. The van der Waals surface area contributed by atoms with Crippen molar-refractivity contribution >= 4 is 29.2 Å². The molecule has 2 amide bonds. The molecule has 0 aliphatic carbocycles. The largest absolute Gasteiger partial charge is 0.465 e. The smallest absolute Gasteiger partial charge is 0.416 e. The Morgan fingerprint density at radius 1 is 1.00 bits per heavy atom. The molecule has 0 aromatic heterocycles. The Morgan fingerprint density at radius 2 is 1.59 bits per heavy atom. The molecule has 5 N–H and O–H groups in total. The maximum absolute atomic E-state index is 13.0. The minimum atomic E-state index is -4.71. The molecule has 2 aromatic rings. The van der Waals surface area contributed by atoms with E-state index in [9.17, 15) is 22.8 Å². The van der Waals surface area contributed by atoms with Crippen molar-refractivity contribution in [3.8, 4) is 0 Å². The van der Waals surface area contributed by atoms with Gasteiger partial charge in [0, 0.05) is 16.9 Å². The Bertz CT molecular complexity index is 880. The number of esters is 1. The molecule has 10 heteroatoms. The molecular formula is C17H15F3N4O3. The molecule has 0 aliphatic heterocycles. The Kier molecular flexibility index (Phi) is 5.69. The van der Waals surface area contributed by atoms with Crippen LogP contribution in [0.15, 0.2) is 42.5 Å². The van der Waals surface area contributed by atoms with E-state index in [0.29, 0.717) is 23.4 Å². The predicted octanol–water partition coefficient (Wildman–Crippen LogP) is 3.42. The molecule has 142 valence electrons. The van der Waals surface area contributed by atoms with E-state index in [-0.39, 0.29) is 17.1 Å². The molecule has 0 saturated carbocycles. The van der Waals surface area contributed by atoms with Crippen LogP contribution in [0.5, 0.6) is 0 Å². The molecule has 27 heavy (non-hydrogen) atoms. The van der Waals surface area contributed by atoms with Crippen molar-refractivity contribution < 1.29 is 27.5 Å². The first-order chi connectivity index (χ1) is 12.6. The fourth-order valence-electron chi connectivity index (χ4n) is 2.13. The second kappa shape index (κ2) is 7.77. The first-order valence-electron chi connectivity index (χ1n) is 7.43. The fraction of sp³-hybridized carbons (Fsp3) is 0.118. The van der Waals surface area contributed by atoms with Gasteiger partial charge in [-0.2, -0.15) is 13.2 Å². The van der Waals surface area contributed by atoms with Gasteiger partial charge in [-0.1, -0.05) is 0 Å². The number of hydrogen-bond donors (Lipinski definition) is 4. The topological polar surface area (TPSA) is 117 Å². The summed E-state index contributed by atoms with van der Waals surface area (Å²) >= 11 is 0. The van der Waals surface area contributed by atoms with Crippen LogP contribution < -0.4 is 16.4 Å². The molecule has 2 rings (SSSR count). The van der Waals surface area contributed by atoms with Crippen molar-refractivity contribution in [2.24, 2.45) is 5.73 Å². The number of hydrogen-bond acceptors (Lipinski definition) is 4. The van der Waals surface area contributed by atoms with Crippen LogP contribution in [0.1, 0.15) is 21.5 Å². The minimum Gasteiger partial charge on any atom is -0.465 e. The Labute approximate surface area is 151 Å². The zero-order chi connectivity index (χ0) is 20.2. The number of benzene rings is 2. The van der Waals surface area contributed by atoms with E-state index in [4.69, 9.17) is 11.1 Å². The summed E-state index contributed by atoms with van der Waals surface area (Å²) in [6, 6.07) is 7.53. The number of carbonyl (C=O) groups excluding carboxylic acids is 2. The van der Waals surface area contributed by atoms with E-state index in [1.807, 2.05) is 0 Å². The molecule has 0 radical (unpaired) electrons. The number of ether oxygens (including phenoxy) is 1. The number of rotatable bonds is 4. The van der Waals surface area contributed by atoms with Crippen molar-refractivity contribution in [2.45, 2.75) is 6.18 Å². The van der Waals surface area contributed by atoms with Crippen LogP contribution in [0.25, 0.3) is 0 Å². The average molecular weight is 380 g/mol.